The minimum Gasteiger partial charge on any atom is -0.352 e. The third-order valence-electron chi connectivity index (χ3n) is 7.36. The van der Waals surface area contributed by atoms with E-state index < -0.39 is 6.04 Å². The molecule has 2 amide bonds. The molecule has 4 rings (SSSR count). The Bertz CT molecular complexity index is 1190. The van der Waals surface area contributed by atoms with Gasteiger partial charge in [-0.3, -0.25) is 9.59 Å². The monoisotopic (exact) mass is 550 g/mol. The highest BCUT2D eigenvalue weighted by Crippen LogP contribution is 2.28. The summed E-state index contributed by atoms with van der Waals surface area (Å²) in [5, 5.41) is 4.24. The predicted octanol–water partition coefficient (Wildman–Crippen LogP) is 7.32. The molecule has 0 heterocycles. The Hall–Kier alpha value is -2.82. The van der Waals surface area contributed by atoms with Crippen LogP contribution in [0.2, 0.25) is 10.0 Å². The lowest BCUT2D eigenvalue weighted by molar-refractivity contribution is -0.141. The van der Waals surface area contributed by atoms with Crippen molar-refractivity contribution in [2.24, 2.45) is 0 Å². The predicted molar refractivity (Wildman–Crippen MR) is 155 cm³/mol. The lowest BCUT2D eigenvalue weighted by Gasteiger charge is -2.34. The van der Waals surface area contributed by atoms with Gasteiger partial charge in [-0.2, -0.15) is 0 Å². The van der Waals surface area contributed by atoms with Crippen molar-refractivity contribution in [3.63, 3.8) is 0 Å². The zero-order valence-corrected chi connectivity index (χ0v) is 23.5. The van der Waals surface area contributed by atoms with E-state index in [9.17, 15) is 9.59 Å². The van der Waals surface area contributed by atoms with Crippen molar-refractivity contribution in [1.29, 1.82) is 0 Å². The molecule has 3 aromatic rings. The van der Waals surface area contributed by atoms with E-state index in [2.05, 4.69) is 29.6 Å². The number of amides is 2. The molecule has 1 aliphatic rings. The van der Waals surface area contributed by atoms with Gasteiger partial charge in [-0.25, -0.2) is 0 Å². The summed E-state index contributed by atoms with van der Waals surface area (Å²) in [6, 6.07) is 22.9. The Morgan fingerprint density at radius 2 is 1.53 bits per heavy atom. The molecule has 38 heavy (non-hydrogen) atoms. The maximum atomic E-state index is 13.9. The Kier molecular flexibility index (Phi) is 10.3. The van der Waals surface area contributed by atoms with E-state index in [0.717, 1.165) is 36.8 Å². The van der Waals surface area contributed by atoms with E-state index in [0.29, 0.717) is 28.5 Å². The summed E-state index contributed by atoms with van der Waals surface area (Å²) in [4.78, 5) is 29.4. The Labute approximate surface area is 236 Å². The van der Waals surface area contributed by atoms with Gasteiger partial charge in [-0.1, -0.05) is 109 Å². The van der Waals surface area contributed by atoms with Gasteiger partial charge in [-0.15, -0.1) is 0 Å². The first kappa shape index (κ1) is 28.2. The molecule has 4 nitrogen and oxygen atoms in total. The van der Waals surface area contributed by atoms with E-state index in [-0.39, 0.29) is 30.8 Å². The van der Waals surface area contributed by atoms with E-state index >= 15 is 0 Å². The fraction of sp³-hybridized carbons (Fsp3) is 0.375. The molecule has 0 bridgehead atoms. The maximum absolute atomic E-state index is 13.9. The van der Waals surface area contributed by atoms with Crippen LogP contribution in [0, 0.1) is 6.92 Å². The van der Waals surface area contributed by atoms with E-state index in [1.807, 2.05) is 37.3 Å². The van der Waals surface area contributed by atoms with Gasteiger partial charge >= 0.3 is 0 Å². The number of carbonyl (C=O) groups excluding carboxylic acids is 2. The summed E-state index contributed by atoms with van der Waals surface area (Å²) < 4.78 is 0. The third kappa shape index (κ3) is 7.85. The molecule has 0 aromatic heterocycles. The van der Waals surface area contributed by atoms with Crippen LogP contribution < -0.4 is 5.32 Å². The van der Waals surface area contributed by atoms with Crippen LogP contribution in [0.5, 0.6) is 0 Å². The topological polar surface area (TPSA) is 49.4 Å². The molecule has 0 aliphatic heterocycles. The zero-order chi connectivity index (χ0) is 26.9. The first-order valence-corrected chi connectivity index (χ1v) is 14.3. The van der Waals surface area contributed by atoms with Gasteiger partial charge in [0, 0.05) is 41.0 Å². The number of hydrogen-bond acceptors (Lipinski definition) is 2. The second-order valence-corrected chi connectivity index (χ2v) is 11.1. The highest BCUT2D eigenvalue weighted by molar-refractivity contribution is 6.36. The van der Waals surface area contributed by atoms with E-state index in [1.54, 1.807) is 23.1 Å². The van der Waals surface area contributed by atoms with Crippen molar-refractivity contribution in [1.82, 2.24) is 10.2 Å². The lowest BCUT2D eigenvalue weighted by atomic mass is 9.94. The number of benzene rings is 3. The number of carbonyl (C=O) groups is 2. The number of halogens is 2. The normalized spacial score (nSPS) is 14.6. The number of aryl methyl sites for hydroxylation is 2. The van der Waals surface area contributed by atoms with Crippen LogP contribution >= 0.6 is 23.2 Å². The van der Waals surface area contributed by atoms with Crippen molar-refractivity contribution >= 4 is 35.0 Å². The lowest BCUT2D eigenvalue weighted by Crippen LogP contribution is -2.53. The average molecular weight is 552 g/mol. The SMILES string of the molecule is Cc1ccc(CCC(=O)N(Cc2c(Cl)cccc2Cl)[C@@H](Cc2ccccc2)C(=O)NC2CCCCC2)cc1. The van der Waals surface area contributed by atoms with Gasteiger partial charge in [0.05, 0.1) is 0 Å². The third-order valence-corrected chi connectivity index (χ3v) is 8.07. The molecule has 1 fully saturated rings. The number of hydrogen-bond donors (Lipinski definition) is 1. The smallest absolute Gasteiger partial charge is 0.243 e. The number of nitrogens with one attached hydrogen (secondary N) is 1. The van der Waals surface area contributed by atoms with Gasteiger partial charge in [0.1, 0.15) is 6.04 Å². The first-order chi connectivity index (χ1) is 18.4. The van der Waals surface area contributed by atoms with Gasteiger partial charge in [0.15, 0.2) is 0 Å². The fourth-order valence-electron chi connectivity index (χ4n) is 5.10. The van der Waals surface area contributed by atoms with Gasteiger partial charge < -0.3 is 10.2 Å². The molecule has 0 radical (unpaired) electrons. The highest BCUT2D eigenvalue weighted by atomic mass is 35.5. The van der Waals surface area contributed by atoms with Crippen LogP contribution in [-0.4, -0.2) is 28.8 Å². The Morgan fingerprint density at radius 3 is 2.18 bits per heavy atom. The highest BCUT2D eigenvalue weighted by Gasteiger charge is 2.32. The summed E-state index contributed by atoms with van der Waals surface area (Å²) in [5.74, 6) is -0.214. The molecule has 1 atom stereocenters. The molecule has 1 N–H and O–H groups in total. The van der Waals surface area contributed by atoms with Crippen LogP contribution in [-0.2, 0) is 29.0 Å². The second-order valence-electron chi connectivity index (χ2n) is 10.3. The van der Waals surface area contributed by atoms with Crippen molar-refractivity contribution in [2.45, 2.75) is 76.9 Å². The molecular weight excluding hydrogens is 515 g/mol. The molecule has 0 saturated heterocycles. The summed E-state index contributed by atoms with van der Waals surface area (Å²) in [7, 11) is 0. The zero-order valence-electron chi connectivity index (χ0n) is 22.0. The molecular formula is C32H36Cl2N2O2. The van der Waals surface area contributed by atoms with Crippen molar-refractivity contribution in [3.05, 3.63) is 105 Å². The van der Waals surface area contributed by atoms with Crippen molar-refractivity contribution in [3.8, 4) is 0 Å². The summed E-state index contributed by atoms with van der Waals surface area (Å²) in [6.45, 7) is 2.21. The van der Waals surface area contributed by atoms with Crippen LogP contribution in [0.4, 0.5) is 0 Å². The van der Waals surface area contributed by atoms with E-state index in [4.69, 9.17) is 23.2 Å². The van der Waals surface area contributed by atoms with Crippen molar-refractivity contribution < 1.29 is 9.59 Å². The molecule has 6 heteroatoms. The Balaban J connectivity index is 1.64. The quantitative estimate of drug-likeness (QED) is 0.287. The van der Waals surface area contributed by atoms with Gasteiger partial charge in [0.2, 0.25) is 11.8 Å². The average Bonchev–Trinajstić information content (AvgIpc) is 2.92. The number of nitrogens with zero attached hydrogens (tertiary/aromatic N) is 1. The minimum atomic E-state index is -0.683. The van der Waals surface area contributed by atoms with Gasteiger partial charge in [-0.05, 0) is 49.4 Å². The first-order valence-electron chi connectivity index (χ1n) is 13.5. The van der Waals surface area contributed by atoms with Crippen LogP contribution in [0.3, 0.4) is 0 Å². The molecule has 0 spiro atoms. The molecule has 1 aliphatic carbocycles. The maximum Gasteiger partial charge on any atom is 0.243 e. The largest absolute Gasteiger partial charge is 0.352 e. The van der Waals surface area contributed by atoms with Crippen LogP contribution in [0.1, 0.15) is 60.8 Å². The second kappa shape index (κ2) is 13.8. The summed E-state index contributed by atoms with van der Waals surface area (Å²) in [6.07, 6.45) is 6.67. The fourth-order valence-corrected chi connectivity index (χ4v) is 5.62. The van der Waals surface area contributed by atoms with Gasteiger partial charge in [0.25, 0.3) is 0 Å². The van der Waals surface area contributed by atoms with Crippen LogP contribution in [0.15, 0.2) is 72.8 Å². The molecule has 1 saturated carbocycles. The van der Waals surface area contributed by atoms with Crippen molar-refractivity contribution in [2.75, 3.05) is 0 Å². The summed E-state index contributed by atoms with van der Waals surface area (Å²) in [5.41, 5.74) is 3.92. The summed E-state index contributed by atoms with van der Waals surface area (Å²) >= 11 is 13.1. The standard InChI is InChI=1S/C32H36Cl2N2O2/c1-23-15-17-24(18-16-23)19-20-31(37)36(22-27-28(33)13-8-14-29(27)34)30(21-25-9-4-2-5-10-25)32(38)35-26-11-6-3-7-12-26/h2,4-5,8-10,13-18,26,30H,3,6-7,11-12,19-22H2,1H3,(H,35,38)/t30-/m0/s1. The molecule has 3 aromatic carbocycles. The molecule has 200 valence electrons. The molecule has 0 unspecified atom stereocenters. The van der Waals surface area contributed by atoms with Crippen LogP contribution in [0.25, 0.3) is 0 Å². The van der Waals surface area contributed by atoms with E-state index in [1.165, 1.54) is 12.0 Å². The minimum absolute atomic E-state index is 0.0960. The number of rotatable bonds is 10. The Morgan fingerprint density at radius 1 is 0.868 bits per heavy atom.